The Kier molecular flexibility index (Phi) is 6.59. The summed E-state index contributed by atoms with van der Waals surface area (Å²) < 4.78 is 20.8. The number of hydrogen-bond acceptors (Lipinski definition) is 5. The number of esters is 1. The second kappa shape index (κ2) is 8.19. The van der Waals surface area contributed by atoms with Gasteiger partial charge in [-0.1, -0.05) is 19.9 Å². The van der Waals surface area contributed by atoms with Crippen LogP contribution in [0.15, 0.2) is 18.7 Å². The summed E-state index contributed by atoms with van der Waals surface area (Å²) >= 11 is 0. The summed E-state index contributed by atoms with van der Waals surface area (Å²) in [5, 5.41) is 0. The van der Waals surface area contributed by atoms with Gasteiger partial charge in [0.2, 0.25) is 0 Å². The van der Waals surface area contributed by atoms with E-state index in [-0.39, 0.29) is 0 Å². The van der Waals surface area contributed by atoms with E-state index in [2.05, 4.69) is 13.5 Å². The minimum Gasteiger partial charge on any atom is -0.494 e. The Hall–Kier alpha value is -2.17. The topological polar surface area (TPSA) is 54.0 Å². The molecule has 21 heavy (non-hydrogen) atoms. The summed E-state index contributed by atoms with van der Waals surface area (Å²) in [6, 6.07) is 3.23. The van der Waals surface area contributed by atoms with Crippen LogP contribution >= 0.6 is 0 Å². The molecule has 0 heterocycles. The zero-order chi connectivity index (χ0) is 15.8. The van der Waals surface area contributed by atoms with Gasteiger partial charge in [0.15, 0.2) is 11.5 Å². The van der Waals surface area contributed by atoms with E-state index >= 15 is 0 Å². The van der Waals surface area contributed by atoms with Crippen molar-refractivity contribution in [1.29, 1.82) is 0 Å². The molecule has 5 heteroatoms. The van der Waals surface area contributed by atoms with E-state index in [0.29, 0.717) is 35.0 Å². The lowest BCUT2D eigenvalue weighted by Gasteiger charge is -2.16. The summed E-state index contributed by atoms with van der Waals surface area (Å²) in [7, 11) is 4.36. The normalized spacial score (nSPS) is 9.90. The number of unbranched alkanes of at least 4 members (excludes halogenated alkanes) is 1. The average Bonchev–Trinajstić information content (AvgIpc) is 2.52. The maximum absolute atomic E-state index is 11.9. The number of methoxy groups -OCH3 is 3. The minimum atomic E-state index is -0.480. The Morgan fingerprint density at radius 2 is 1.67 bits per heavy atom. The van der Waals surface area contributed by atoms with Crippen molar-refractivity contribution in [2.24, 2.45) is 0 Å². The molecular formula is C16H22O5. The third kappa shape index (κ3) is 4.15. The van der Waals surface area contributed by atoms with E-state index in [0.717, 1.165) is 12.8 Å². The van der Waals surface area contributed by atoms with Crippen LogP contribution in [0, 0.1) is 0 Å². The quantitative estimate of drug-likeness (QED) is 0.418. The third-order valence-electron chi connectivity index (χ3n) is 3.00. The highest BCUT2D eigenvalue weighted by atomic mass is 16.5. The Bertz CT molecular complexity index is 508. The smallest absolute Gasteiger partial charge is 0.338 e. The van der Waals surface area contributed by atoms with Crippen molar-refractivity contribution in [1.82, 2.24) is 0 Å². The Morgan fingerprint density at radius 1 is 1.10 bits per heavy atom. The van der Waals surface area contributed by atoms with Gasteiger partial charge in [0.05, 0.1) is 33.5 Å². The lowest BCUT2D eigenvalue weighted by molar-refractivity contribution is 0.0599. The van der Waals surface area contributed by atoms with Crippen LogP contribution in [0.4, 0.5) is 0 Å². The Morgan fingerprint density at radius 3 is 2.14 bits per heavy atom. The molecule has 0 atom stereocenters. The highest BCUT2D eigenvalue weighted by Crippen LogP contribution is 2.34. The molecule has 0 saturated heterocycles. The first-order valence-corrected chi connectivity index (χ1v) is 6.75. The molecule has 5 nitrogen and oxygen atoms in total. The van der Waals surface area contributed by atoms with E-state index in [1.165, 1.54) is 21.3 Å². The fraction of sp³-hybridized carbons (Fsp3) is 0.438. The van der Waals surface area contributed by atoms with Crippen LogP contribution in [-0.2, 0) is 9.47 Å². The van der Waals surface area contributed by atoms with Crippen molar-refractivity contribution in [2.45, 2.75) is 19.8 Å². The molecular weight excluding hydrogens is 272 g/mol. The molecule has 0 unspecified atom stereocenters. The first-order chi connectivity index (χ1) is 10.1. The molecule has 0 aromatic heterocycles. The molecule has 0 N–H and O–H groups in total. The lowest BCUT2D eigenvalue weighted by atomic mass is 10.0. The fourth-order valence-corrected chi connectivity index (χ4v) is 1.81. The van der Waals surface area contributed by atoms with Crippen molar-refractivity contribution in [3.8, 4) is 11.5 Å². The van der Waals surface area contributed by atoms with Crippen molar-refractivity contribution < 1.29 is 23.7 Å². The summed E-state index contributed by atoms with van der Waals surface area (Å²) in [6.45, 7) is 6.50. The first kappa shape index (κ1) is 16.9. The number of carbonyl (C=O) groups excluding carboxylic acids is 1. The molecule has 0 bridgehead atoms. The van der Waals surface area contributed by atoms with Crippen molar-refractivity contribution >= 4 is 11.7 Å². The summed E-state index contributed by atoms with van der Waals surface area (Å²) in [4.78, 5) is 11.9. The number of rotatable bonds is 8. The first-order valence-electron chi connectivity index (χ1n) is 6.75. The van der Waals surface area contributed by atoms with E-state index < -0.39 is 5.97 Å². The molecule has 0 spiro atoms. The number of carbonyl (C=O) groups is 1. The maximum Gasteiger partial charge on any atom is 0.338 e. The van der Waals surface area contributed by atoms with Gasteiger partial charge in [0.1, 0.15) is 5.76 Å². The van der Waals surface area contributed by atoms with Gasteiger partial charge in [-0.05, 0) is 18.6 Å². The van der Waals surface area contributed by atoms with Crippen LogP contribution in [0.25, 0.3) is 5.76 Å². The van der Waals surface area contributed by atoms with Crippen LogP contribution in [0.3, 0.4) is 0 Å². The SMILES string of the molecule is C=C(OCCCC)c1cc(OC)c(OC)cc1C(=O)OC. The molecule has 0 aliphatic carbocycles. The van der Waals surface area contributed by atoms with Crippen molar-refractivity contribution in [3.63, 3.8) is 0 Å². The Labute approximate surface area is 125 Å². The Balaban J connectivity index is 3.20. The van der Waals surface area contributed by atoms with Gasteiger partial charge in [-0.25, -0.2) is 4.79 Å². The van der Waals surface area contributed by atoms with E-state index in [4.69, 9.17) is 18.9 Å². The standard InChI is InChI=1S/C16H22O5/c1-6-7-8-21-11(2)12-9-14(18-3)15(19-4)10-13(12)16(17)20-5/h9-10H,2,6-8H2,1,3-5H3. The molecule has 0 fully saturated rings. The monoisotopic (exact) mass is 294 g/mol. The predicted octanol–water partition coefficient (Wildman–Crippen LogP) is 3.28. The molecule has 116 valence electrons. The van der Waals surface area contributed by atoms with Crippen LogP contribution in [0.1, 0.15) is 35.7 Å². The second-order valence-electron chi connectivity index (χ2n) is 4.37. The van der Waals surface area contributed by atoms with Gasteiger partial charge in [0.25, 0.3) is 0 Å². The molecule has 0 aliphatic rings. The molecule has 0 radical (unpaired) electrons. The molecule has 0 aliphatic heterocycles. The van der Waals surface area contributed by atoms with Gasteiger partial charge in [-0.2, -0.15) is 0 Å². The number of benzene rings is 1. The van der Waals surface area contributed by atoms with Gasteiger partial charge in [-0.3, -0.25) is 0 Å². The fourth-order valence-electron chi connectivity index (χ4n) is 1.81. The van der Waals surface area contributed by atoms with E-state index in [1.54, 1.807) is 12.1 Å². The van der Waals surface area contributed by atoms with Gasteiger partial charge < -0.3 is 18.9 Å². The van der Waals surface area contributed by atoms with E-state index in [1.807, 2.05) is 0 Å². The van der Waals surface area contributed by atoms with Crippen LogP contribution in [0.5, 0.6) is 11.5 Å². The molecule has 1 aromatic rings. The second-order valence-corrected chi connectivity index (χ2v) is 4.37. The van der Waals surface area contributed by atoms with Gasteiger partial charge >= 0.3 is 5.97 Å². The lowest BCUT2D eigenvalue weighted by Crippen LogP contribution is -2.08. The molecule has 1 aromatic carbocycles. The number of ether oxygens (including phenoxy) is 4. The van der Waals surface area contributed by atoms with Gasteiger partial charge in [0, 0.05) is 5.56 Å². The predicted molar refractivity (Wildman–Crippen MR) is 80.8 cm³/mol. The van der Waals surface area contributed by atoms with E-state index in [9.17, 15) is 4.79 Å². The zero-order valence-corrected chi connectivity index (χ0v) is 13.0. The summed E-state index contributed by atoms with van der Waals surface area (Å²) in [5.74, 6) is 0.874. The van der Waals surface area contributed by atoms with Gasteiger partial charge in [-0.15, -0.1) is 0 Å². The molecule has 0 amide bonds. The summed E-state index contributed by atoms with van der Waals surface area (Å²) in [5.41, 5.74) is 0.868. The zero-order valence-electron chi connectivity index (χ0n) is 13.0. The molecule has 1 rings (SSSR count). The summed E-state index contributed by atoms with van der Waals surface area (Å²) in [6.07, 6.45) is 1.93. The van der Waals surface area contributed by atoms with Crippen molar-refractivity contribution in [2.75, 3.05) is 27.9 Å². The number of hydrogen-bond donors (Lipinski definition) is 0. The highest BCUT2D eigenvalue weighted by Gasteiger charge is 2.19. The highest BCUT2D eigenvalue weighted by molar-refractivity contribution is 5.95. The maximum atomic E-state index is 11.9. The molecule has 0 saturated carbocycles. The third-order valence-corrected chi connectivity index (χ3v) is 3.00. The van der Waals surface area contributed by atoms with Crippen molar-refractivity contribution in [3.05, 3.63) is 29.8 Å². The minimum absolute atomic E-state index is 0.330. The van der Waals surface area contributed by atoms with Crippen LogP contribution in [-0.4, -0.2) is 33.9 Å². The van der Waals surface area contributed by atoms with Crippen LogP contribution in [0.2, 0.25) is 0 Å². The van der Waals surface area contributed by atoms with Crippen LogP contribution < -0.4 is 9.47 Å². The average molecular weight is 294 g/mol. The largest absolute Gasteiger partial charge is 0.494 e.